The zero-order valence-corrected chi connectivity index (χ0v) is 8.81. The molecular weight excluding hydrogens is 162 g/mol. The first-order valence-electron chi connectivity index (χ1n) is 5.26. The van der Waals surface area contributed by atoms with E-state index in [0.29, 0.717) is 0 Å². The Kier molecular flexibility index (Phi) is 9.87. The Bertz CT molecular complexity index is 96.2. The number of hydrogen-bond acceptors (Lipinski definition) is 3. The van der Waals surface area contributed by atoms with Crippen LogP contribution in [0.15, 0.2) is 0 Å². The van der Waals surface area contributed by atoms with E-state index in [1.807, 2.05) is 0 Å². The predicted molar refractivity (Wildman–Crippen MR) is 57.9 cm³/mol. The van der Waals surface area contributed by atoms with Crippen molar-refractivity contribution in [3.05, 3.63) is 5.92 Å². The first-order chi connectivity index (χ1) is 6.31. The van der Waals surface area contributed by atoms with Gasteiger partial charge in [-0.15, -0.1) is 0 Å². The molecule has 0 saturated heterocycles. The SMILES string of the molecule is C[C](CCCCN)CCCCNN. The lowest BCUT2D eigenvalue weighted by Crippen LogP contribution is -2.22. The molecule has 0 saturated carbocycles. The predicted octanol–water partition coefficient (Wildman–Crippen LogP) is 1.34. The molecule has 0 atom stereocenters. The zero-order chi connectivity index (χ0) is 9.94. The van der Waals surface area contributed by atoms with E-state index >= 15 is 0 Å². The molecule has 3 heteroatoms. The maximum Gasteiger partial charge on any atom is 0.00974 e. The van der Waals surface area contributed by atoms with Gasteiger partial charge >= 0.3 is 0 Å². The van der Waals surface area contributed by atoms with Gasteiger partial charge in [-0.25, -0.2) is 0 Å². The maximum atomic E-state index is 5.42. The van der Waals surface area contributed by atoms with Crippen LogP contribution in [0.3, 0.4) is 0 Å². The minimum absolute atomic E-state index is 0.824. The molecule has 0 unspecified atom stereocenters. The Morgan fingerprint density at radius 1 is 1.08 bits per heavy atom. The van der Waals surface area contributed by atoms with Gasteiger partial charge in [-0.2, -0.15) is 0 Å². The van der Waals surface area contributed by atoms with Gasteiger partial charge in [0.1, 0.15) is 0 Å². The summed E-state index contributed by atoms with van der Waals surface area (Å²) in [6.45, 7) is 3.99. The lowest BCUT2D eigenvalue weighted by molar-refractivity contribution is 0.591. The van der Waals surface area contributed by atoms with Crippen LogP contribution < -0.4 is 17.0 Å². The third kappa shape index (κ3) is 9.80. The summed E-state index contributed by atoms with van der Waals surface area (Å²) in [5.41, 5.74) is 8.09. The van der Waals surface area contributed by atoms with E-state index in [-0.39, 0.29) is 0 Å². The largest absolute Gasteiger partial charge is 0.330 e. The number of nitrogens with one attached hydrogen (secondary N) is 1. The summed E-state index contributed by atoms with van der Waals surface area (Å²) in [5, 5.41) is 0. The molecule has 1 radical (unpaired) electrons. The second-order valence-electron chi connectivity index (χ2n) is 3.61. The maximum absolute atomic E-state index is 5.42. The standard InChI is InChI=1S/C10H24N3/c1-10(6-2-4-8-11)7-3-5-9-13-12/h13H,2-9,11-12H2,1H3. The van der Waals surface area contributed by atoms with Gasteiger partial charge in [0, 0.05) is 6.54 Å². The number of unbranched alkanes of at least 4 members (excludes halogenated alkanes) is 2. The molecule has 0 aliphatic rings. The molecule has 0 aromatic carbocycles. The highest BCUT2D eigenvalue weighted by Gasteiger charge is 2.01. The van der Waals surface area contributed by atoms with Gasteiger partial charge < -0.3 is 5.73 Å². The van der Waals surface area contributed by atoms with Crippen LogP contribution in [0.1, 0.15) is 45.4 Å². The molecule has 0 spiro atoms. The van der Waals surface area contributed by atoms with Crippen molar-refractivity contribution in [3.8, 4) is 0 Å². The van der Waals surface area contributed by atoms with Crippen LogP contribution >= 0.6 is 0 Å². The fourth-order valence-electron chi connectivity index (χ4n) is 1.35. The second kappa shape index (κ2) is 9.96. The Morgan fingerprint density at radius 2 is 1.69 bits per heavy atom. The van der Waals surface area contributed by atoms with Gasteiger partial charge in [0.15, 0.2) is 0 Å². The molecule has 0 bridgehead atoms. The van der Waals surface area contributed by atoms with Gasteiger partial charge in [0.05, 0.1) is 0 Å². The van der Waals surface area contributed by atoms with Crippen molar-refractivity contribution < 1.29 is 0 Å². The molecule has 3 nitrogen and oxygen atoms in total. The molecular formula is C10H24N3. The van der Waals surface area contributed by atoms with Crippen LogP contribution in [0, 0.1) is 5.92 Å². The summed E-state index contributed by atoms with van der Waals surface area (Å²) in [5.74, 6) is 6.78. The van der Waals surface area contributed by atoms with Crippen LogP contribution in [0.25, 0.3) is 0 Å². The van der Waals surface area contributed by atoms with Gasteiger partial charge in [-0.1, -0.05) is 19.8 Å². The van der Waals surface area contributed by atoms with Gasteiger partial charge in [0.2, 0.25) is 0 Å². The van der Waals surface area contributed by atoms with Crippen LogP contribution in [-0.4, -0.2) is 13.1 Å². The van der Waals surface area contributed by atoms with E-state index in [4.69, 9.17) is 11.6 Å². The molecule has 0 heterocycles. The normalized spacial score (nSPS) is 11.1. The van der Waals surface area contributed by atoms with Gasteiger partial charge in [0.25, 0.3) is 0 Å². The smallest absolute Gasteiger partial charge is 0.00974 e. The highest BCUT2D eigenvalue weighted by molar-refractivity contribution is 4.83. The van der Waals surface area contributed by atoms with Crippen LogP contribution in [-0.2, 0) is 0 Å². The lowest BCUT2D eigenvalue weighted by Gasteiger charge is -2.09. The monoisotopic (exact) mass is 186 g/mol. The Balaban J connectivity index is 3.05. The van der Waals surface area contributed by atoms with Crippen molar-refractivity contribution in [3.63, 3.8) is 0 Å². The summed E-state index contributed by atoms with van der Waals surface area (Å²) >= 11 is 0. The Hall–Kier alpha value is -0.120. The topological polar surface area (TPSA) is 64.1 Å². The lowest BCUT2D eigenvalue weighted by atomic mass is 9.98. The minimum atomic E-state index is 0.824. The highest BCUT2D eigenvalue weighted by atomic mass is 15.2. The van der Waals surface area contributed by atoms with Gasteiger partial charge in [-0.3, -0.25) is 11.3 Å². The highest BCUT2D eigenvalue weighted by Crippen LogP contribution is 2.16. The quantitative estimate of drug-likeness (QED) is 0.289. The second-order valence-corrected chi connectivity index (χ2v) is 3.61. The molecule has 79 valence electrons. The summed E-state index contributed by atoms with van der Waals surface area (Å²) in [6.07, 6.45) is 7.31. The summed E-state index contributed by atoms with van der Waals surface area (Å²) in [6, 6.07) is 0. The van der Waals surface area contributed by atoms with E-state index in [9.17, 15) is 0 Å². The molecule has 0 aliphatic carbocycles. The molecule has 0 fully saturated rings. The van der Waals surface area contributed by atoms with Crippen molar-refractivity contribution in [2.24, 2.45) is 11.6 Å². The number of nitrogens with two attached hydrogens (primary N) is 2. The van der Waals surface area contributed by atoms with E-state index in [2.05, 4.69) is 12.3 Å². The molecule has 0 aromatic heterocycles. The van der Waals surface area contributed by atoms with Crippen molar-refractivity contribution in [1.29, 1.82) is 0 Å². The van der Waals surface area contributed by atoms with Gasteiger partial charge in [-0.05, 0) is 38.1 Å². The molecule has 0 aromatic rings. The summed E-state index contributed by atoms with van der Waals surface area (Å²) in [4.78, 5) is 0. The van der Waals surface area contributed by atoms with Crippen molar-refractivity contribution in [2.45, 2.75) is 45.4 Å². The first kappa shape index (κ1) is 12.9. The average molecular weight is 186 g/mol. The number of hydrogen-bond donors (Lipinski definition) is 3. The minimum Gasteiger partial charge on any atom is -0.330 e. The van der Waals surface area contributed by atoms with E-state index < -0.39 is 0 Å². The van der Waals surface area contributed by atoms with Crippen LogP contribution in [0.4, 0.5) is 0 Å². The first-order valence-corrected chi connectivity index (χ1v) is 5.26. The zero-order valence-electron chi connectivity index (χ0n) is 8.81. The van der Waals surface area contributed by atoms with Crippen LogP contribution in [0.5, 0.6) is 0 Å². The molecule has 5 N–H and O–H groups in total. The van der Waals surface area contributed by atoms with Crippen molar-refractivity contribution in [1.82, 2.24) is 5.43 Å². The molecule has 0 aliphatic heterocycles. The summed E-state index contributed by atoms with van der Waals surface area (Å²) in [7, 11) is 0. The Labute approximate surface area is 82.2 Å². The van der Waals surface area contributed by atoms with E-state index in [1.165, 1.54) is 32.1 Å². The third-order valence-electron chi connectivity index (χ3n) is 2.23. The Morgan fingerprint density at radius 3 is 2.23 bits per heavy atom. The fraction of sp³-hybridized carbons (Fsp3) is 0.900. The summed E-state index contributed by atoms with van der Waals surface area (Å²) < 4.78 is 0. The van der Waals surface area contributed by atoms with Crippen molar-refractivity contribution >= 4 is 0 Å². The molecule has 0 amide bonds. The molecule has 13 heavy (non-hydrogen) atoms. The van der Waals surface area contributed by atoms with E-state index in [1.54, 1.807) is 5.92 Å². The van der Waals surface area contributed by atoms with E-state index in [0.717, 1.165) is 19.5 Å². The molecule has 0 rings (SSSR count). The third-order valence-corrected chi connectivity index (χ3v) is 2.23. The average Bonchev–Trinajstić information content (AvgIpc) is 2.13. The fourth-order valence-corrected chi connectivity index (χ4v) is 1.35. The number of hydrazine groups is 1. The van der Waals surface area contributed by atoms with Crippen molar-refractivity contribution in [2.75, 3.05) is 13.1 Å². The van der Waals surface area contributed by atoms with Crippen LogP contribution in [0.2, 0.25) is 0 Å². The number of rotatable bonds is 9.